The van der Waals surface area contributed by atoms with Gasteiger partial charge in [-0.25, -0.2) is 9.87 Å². The quantitative estimate of drug-likeness (QED) is 0.439. The van der Waals surface area contributed by atoms with Crippen LogP contribution in [0, 0.1) is 12.7 Å². The number of carbonyl (C=O) groups is 1. The van der Waals surface area contributed by atoms with E-state index in [-0.39, 0.29) is 17.0 Å². The van der Waals surface area contributed by atoms with Crippen LogP contribution in [0.1, 0.15) is 50.1 Å². The van der Waals surface area contributed by atoms with E-state index < -0.39 is 23.4 Å². The smallest absolute Gasteiger partial charge is 0.278 e. The minimum absolute atomic E-state index is 0.226. The third-order valence-electron chi connectivity index (χ3n) is 6.12. The van der Waals surface area contributed by atoms with Crippen LogP contribution in [0.4, 0.5) is 4.39 Å². The van der Waals surface area contributed by atoms with Gasteiger partial charge in [0.05, 0.1) is 17.9 Å². The molecule has 0 aliphatic carbocycles. The first-order valence-corrected chi connectivity index (χ1v) is 11.2. The molecule has 0 unspecified atom stereocenters. The summed E-state index contributed by atoms with van der Waals surface area (Å²) in [5.41, 5.74) is 3.38. The Bertz CT molecular complexity index is 1340. The van der Waals surface area contributed by atoms with Crippen LogP contribution >= 0.6 is 0 Å². The Balaban J connectivity index is 2.16. The number of hydrogen-bond donors (Lipinski definition) is 2. The van der Waals surface area contributed by atoms with Gasteiger partial charge in [0.25, 0.3) is 11.5 Å². The number of amides is 1. The molecule has 0 radical (unpaired) electrons. The second-order valence-electron chi connectivity index (χ2n) is 9.55. The first-order valence-electron chi connectivity index (χ1n) is 11.2. The number of hydrogen-bond acceptors (Lipinski definition) is 5. The maximum absolute atomic E-state index is 15.3. The summed E-state index contributed by atoms with van der Waals surface area (Å²) >= 11 is 0. The highest BCUT2D eigenvalue weighted by Gasteiger charge is 2.34. The average Bonchev–Trinajstić information content (AvgIpc) is 2.81. The van der Waals surface area contributed by atoms with E-state index in [1.807, 2.05) is 6.92 Å². The van der Waals surface area contributed by atoms with Gasteiger partial charge in [0.15, 0.2) is 17.7 Å². The zero-order chi connectivity index (χ0) is 24.8. The fourth-order valence-corrected chi connectivity index (χ4v) is 4.64. The SMILES string of the molecule is Cc1c(-c2c([C@H](OC(C)(C)C)C(=O)NO)n(C)c(=O)c3ccccc23)cc(F)c2c1CCCO2. The summed E-state index contributed by atoms with van der Waals surface area (Å²) in [7, 11) is 1.55. The van der Waals surface area contributed by atoms with Crippen molar-refractivity contribution in [3.05, 3.63) is 63.3 Å². The van der Waals surface area contributed by atoms with E-state index in [0.29, 0.717) is 34.9 Å². The van der Waals surface area contributed by atoms with Crippen molar-refractivity contribution in [2.75, 3.05) is 6.61 Å². The van der Waals surface area contributed by atoms with Crippen LogP contribution in [0.25, 0.3) is 21.9 Å². The number of fused-ring (bicyclic) bond motifs is 2. The van der Waals surface area contributed by atoms with Crippen LogP contribution in [0.15, 0.2) is 35.1 Å². The number of carbonyl (C=O) groups excluding carboxylic acids is 1. The van der Waals surface area contributed by atoms with Crippen LogP contribution in [0.3, 0.4) is 0 Å². The third kappa shape index (κ3) is 4.08. The number of hydroxylamine groups is 1. The molecule has 180 valence electrons. The number of halogens is 1. The van der Waals surface area contributed by atoms with Crippen LogP contribution in [0.5, 0.6) is 5.75 Å². The van der Waals surface area contributed by atoms with Crippen molar-refractivity contribution in [3.63, 3.8) is 0 Å². The monoisotopic (exact) mass is 468 g/mol. The Morgan fingerprint density at radius 2 is 1.94 bits per heavy atom. The van der Waals surface area contributed by atoms with Crippen molar-refractivity contribution in [1.82, 2.24) is 10.0 Å². The maximum Gasteiger partial charge on any atom is 0.278 e. The van der Waals surface area contributed by atoms with Crippen LogP contribution in [0.2, 0.25) is 0 Å². The van der Waals surface area contributed by atoms with Crippen molar-refractivity contribution in [3.8, 4) is 16.9 Å². The first-order chi connectivity index (χ1) is 16.0. The Hall–Kier alpha value is -3.23. The Morgan fingerprint density at radius 1 is 1.26 bits per heavy atom. The second-order valence-corrected chi connectivity index (χ2v) is 9.55. The topological polar surface area (TPSA) is 89.8 Å². The van der Waals surface area contributed by atoms with Crippen LogP contribution < -0.4 is 15.8 Å². The molecule has 3 aromatic rings. The van der Waals surface area contributed by atoms with Gasteiger partial charge in [0.1, 0.15) is 0 Å². The lowest BCUT2D eigenvalue weighted by molar-refractivity contribution is -0.152. The summed E-state index contributed by atoms with van der Waals surface area (Å²) < 4.78 is 28.3. The Labute approximate surface area is 197 Å². The van der Waals surface area contributed by atoms with Crippen LogP contribution in [-0.2, 0) is 23.0 Å². The average molecular weight is 469 g/mol. The fraction of sp³-hybridized carbons (Fsp3) is 0.385. The summed E-state index contributed by atoms with van der Waals surface area (Å²) in [4.78, 5) is 26.2. The fourth-order valence-electron chi connectivity index (χ4n) is 4.64. The van der Waals surface area contributed by atoms with E-state index in [1.54, 1.807) is 57.6 Å². The van der Waals surface area contributed by atoms with Gasteiger partial charge >= 0.3 is 0 Å². The second kappa shape index (κ2) is 8.85. The zero-order valence-corrected chi connectivity index (χ0v) is 20.0. The number of nitrogens with one attached hydrogen (secondary N) is 1. The molecule has 0 spiro atoms. The largest absolute Gasteiger partial charge is 0.490 e. The lowest BCUT2D eigenvalue weighted by Gasteiger charge is -2.30. The molecular formula is C26H29FN2O5. The highest BCUT2D eigenvalue weighted by Crippen LogP contribution is 2.42. The van der Waals surface area contributed by atoms with Crippen LogP contribution in [-0.4, -0.2) is 27.9 Å². The van der Waals surface area contributed by atoms with Crippen molar-refractivity contribution in [2.45, 2.75) is 52.2 Å². The zero-order valence-electron chi connectivity index (χ0n) is 20.0. The van der Waals surface area contributed by atoms with E-state index in [4.69, 9.17) is 9.47 Å². The molecule has 1 amide bonds. The van der Waals surface area contributed by atoms with Gasteiger partial charge in [0.2, 0.25) is 0 Å². The lowest BCUT2D eigenvalue weighted by atomic mass is 9.87. The van der Waals surface area contributed by atoms with Gasteiger partial charge in [-0.1, -0.05) is 18.2 Å². The van der Waals surface area contributed by atoms with Gasteiger partial charge < -0.3 is 14.0 Å². The molecule has 4 rings (SSSR count). The normalized spacial score (nSPS) is 14.4. The maximum atomic E-state index is 15.3. The van der Waals surface area contributed by atoms with E-state index in [2.05, 4.69) is 0 Å². The molecule has 2 heterocycles. The van der Waals surface area contributed by atoms with Crippen molar-refractivity contribution in [1.29, 1.82) is 0 Å². The molecule has 34 heavy (non-hydrogen) atoms. The van der Waals surface area contributed by atoms with Gasteiger partial charge in [-0.2, -0.15) is 0 Å². The van der Waals surface area contributed by atoms with Crippen molar-refractivity contribution < 1.29 is 23.9 Å². The molecule has 0 saturated heterocycles. The Kier molecular flexibility index (Phi) is 6.22. The molecule has 1 atom stereocenters. The summed E-state index contributed by atoms with van der Waals surface area (Å²) in [6, 6.07) is 8.40. The lowest BCUT2D eigenvalue weighted by Crippen LogP contribution is -2.37. The molecule has 1 aliphatic rings. The minimum atomic E-state index is -1.34. The molecule has 0 fully saturated rings. The molecule has 0 bridgehead atoms. The summed E-state index contributed by atoms with van der Waals surface area (Å²) in [5, 5.41) is 10.5. The highest BCUT2D eigenvalue weighted by atomic mass is 19.1. The van der Waals surface area contributed by atoms with Gasteiger partial charge in [-0.15, -0.1) is 0 Å². The number of benzene rings is 2. The summed E-state index contributed by atoms with van der Waals surface area (Å²) in [5.74, 6) is -1.08. The number of ether oxygens (including phenoxy) is 2. The third-order valence-corrected chi connectivity index (χ3v) is 6.12. The summed E-state index contributed by atoms with van der Waals surface area (Å²) in [6.07, 6.45) is 0.0849. The number of rotatable bonds is 4. The molecular weight excluding hydrogens is 439 g/mol. The first kappa shape index (κ1) is 23.9. The molecule has 7 nitrogen and oxygen atoms in total. The van der Waals surface area contributed by atoms with E-state index >= 15 is 4.39 Å². The van der Waals surface area contributed by atoms with Crippen molar-refractivity contribution >= 4 is 16.7 Å². The Morgan fingerprint density at radius 3 is 2.59 bits per heavy atom. The van der Waals surface area contributed by atoms with Gasteiger partial charge in [0, 0.05) is 23.6 Å². The molecule has 8 heteroatoms. The number of nitrogens with zero attached hydrogens (tertiary/aromatic N) is 1. The van der Waals surface area contributed by atoms with Crippen molar-refractivity contribution in [2.24, 2.45) is 7.05 Å². The predicted molar refractivity (Wildman–Crippen MR) is 127 cm³/mol. The van der Waals surface area contributed by atoms with E-state index in [0.717, 1.165) is 17.5 Å². The summed E-state index contributed by atoms with van der Waals surface area (Å²) in [6.45, 7) is 7.65. The molecule has 1 aliphatic heterocycles. The molecule has 0 saturated carbocycles. The minimum Gasteiger partial charge on any atom is -0.490 e. The predicted octanol–water partition coefficient (Wildman–Crippen LogP) is 4.34. The number of pyridine rings is 1. The van der Waals surface area contributed by atoms with Gasteiger partial charge in [-0.3, -0.25) is 14.8 Å². The molecule has 1 aromatic heterocycles. The van der Waals surface area contributed by atoms with Gasteiger partial charge in [-0.05, 0) is 69.2 Å². The van der Waals surface area contributed by atoms with E-state index in [1.165, 1.54) is 10.6 Å². The highest BCUT2D eigenvalue weighted by molar-refractivity contribution is 6.00. The van der Waals surface area contributed by atoms with E-state index in [9.17, 15) is 14.8 Å². The standard InChI is InChI=1S/C26H29FN2O5/c1-14-15-11-8-12-33-22(15)19(27)13-18(14)20-16-9-6-7-10-17(16)25(31)29(5)21(20)23(24(30)28-32)34-26(2,3)4/h6-7,9-10,13,23,32H,8,11-12H2,1-5H3,(H,28,30)/t23-/m0/s1. The molecule has 2 N–H and O–H groups in total. The molecule has 2 aromatic carbocycles. The number of aromatic nitrogens is 1.